The molecule has 0 aromatic heterocycles. The summed E-state index contributed by atoms with van der Waals surface area (Å²) in [4.78, 5) is 23.3. The van der Waals surface area contributed by atoms with E-state index in [0.717, 1.165) is 34.2 Å². The number of ether oxygens (including phenoxy) is 2. The van der Waals surface area contributed by atoms with Gasteiger partial charge in [-0.2, -0.15) is 0 Å². The van der Waals surface area contributed by atoms with Gasteiger partial charge < -0.3 is 19.9 Å². The molecular weight excluding hydrogens is 442 g/mol. The summed E-state index contributed by atoms with van der Waals surface area (Å²) in [6.45, 7) is 2.94. The topological polar surface area (TPSA) is 84.9 Å². The molecule has 0 heterocycles. The Balaban J connectivity index is 1.71. The van der Waals surface area contributed by atoms with E-state index in [2.05, 4.69) is 5.32 Å². The van der Waals surface area contributed by atoms with Crippen LogP contribution in [0.15, 0.2) is 66.7 Å². The molecule has 0 saturated heterocycles. The maximum absolute atomic E-state index is 12.2. The monoisotopic (exact) mass is 467 g/mol. The summed E-state index contributed by atoms with van der Waals surface area (Å²) in [5.74, 6) is -0.197. The number of halogens is 1. The quantitative estimate of drug-likeness (QED) is 0.390. The molecule has 6 nitrogen and oxygen atoms in total. The molecule has 172 valence electrons. The van der Waals surface area contributed by atoms with E-state index in [-0.39, 0.29) is 19.6 Å². The number of carboxylic acid groups (broad SMARTS) is 1. The van der Waals surface area contributed by atoms with Crippen LogP contribution in [0, 0.1) is 0 Å². The molecule has 2 N–H and O–H groups in total. The van der Waals surface area contributed by atoms with Gasteiger partial charge in [0.15, 0.2) is 0 Å². The number of alkyl carbamates (subject to hydrolysis) is 1. The van der Waals surface area contributed by atoms with Crippen LogP contribution >= 0.6 is 11.6 Å². The number of carbonyl (C=O) groups excluding carboxylic acids is 1. The van der Waals surface area contributed by atoms with Gasteiger partial charge in [0.1, 0.15) is 12.4 Å². The first-order valence-corrected chi connectivity index (χ1v) is 11.0. The van der Waals surface area contributed by atoms with E-state index in [1.165, 1.54) is 0 Å². The minimum Gasteiger partial charge on any atom is -0.493 e. The average Bonchev–Trinajstić information content (AvgIpc) is 2.81. The van der Waals surface area contributed by atoms with E-state index in [9.17, 15) is 9.59 Å². The van der Waals surface area contributed by atoms with Crippen molar-refractivity contribution >= 4 is 23.7 Å². The van der Waals surface area contributed by atoms with Gasteiger partial charge in [-0.1, -0.05) is 61.0 Å². The Labute approximate surface area is 198 Å². The van der Waals surface area contributed by atoms with Crippen molar-refractivity contribution in [2.45, 2.75) is 32.9 Å². The lowest BCUT2D eigenvalue weighted by Gasteiger charge is -2.14. The highest BCUT2D eigenvalue weighted by molar-refractivity contribution is 6.30. The van der Waals surface area contributed by atoms with Crippen LogP contribution in [0.4, 0.5) is 4.79 Å². The number of hydrogen-bond donors (Lipinski definition) is 2. The number of carbonyl (C=O) groups is 2. The summed E-state index contributed by atoms with van der Waals surface area (Å²) in [7, 11) is 0. The second-order valence-corrected chi connectivity index (χ2v) is 7.93. The molecule has 0 atom stereocenters. The number of rotatable bonds is 10. The summed E-state index contributed by atoms with van der Waals surface area (Å²) in [5.41, 5.74) is 4.15. The zero-order valence-corrected chi connectivity index (χ0v) is 19.1. The van der Waals surface area contributed by atoms with E-state index in [0.29, 0.717) is 17.4 Å². The molecule has 33 heavy (non-hydrogen) atoms. The first-order valence-electron chi connectivity index (χ1n) is 10.7. The molecule has 0 saturated carbocycles. The Morgan fingerprint density at radius 2 is 1.73 bits per heavy atom. The van der Waals surface area contributed by atoms with Gasteiger partial charge in [0.2, 0.25) is 0 Å². The molecule has 7 heteroatoms. The van der Waals surface area contributed by atoms with Crippen LogP contribution in [0.2, 0.25) is 5.02 Å². The molecule has 0 spiro atoms. The van der Waals surface area contributed by atoms with Crippen LogP contribution in [-0.2, 0) is 29.1 Å². The van der Waals surface area contributed by atoms with E-state index < -0.39 is 12.1 Å². The number of amides is 1. The molecule has 3 aromatic rings. The van der Waals surface area contributed by atoms with Gasteiger partial charge in [0, 0.05) is 17.1 Å². The average molecular weight is 468 g/mol. The van der Waals surface area contributed by atoms with Crippen LogP contribution in [0.3, 0.4) is 0 Å². The molecule has 0 bridgehead atoms. The van der Waals surface area contributed by atoms with Crippen molar-refractivity contribution in [1.82, 2.24) is 5.32 Å². The molecule has 0 aliphatic carbocycles. The number of carboxylic acids is 1. The van der Waals surface area contributed by atoms with Crippen molar-refractivity contribution in [3.8, 4) is 16.9 Å². The lowest BCUT2D eigenvalue weighted by atomic mass is 9.99. The predicted octanol–water partition coefficient (Wildman–Crippen LogP) is 5.85. The highest BCUT2D eigenvalue weighted by Gasteiger charge is 2.11. The molecule has 0 radical (unpaired) electrons. The lowest BCUT2D eigenvalue weighted by Crippen LogP contribution is -2.24. The zero-order valence-electron chi connectivity index (χ0n) is 18.3. The van der Waals surface area contributed by atoms with Gasteiger partial charge in [-0.3, -0.25) is 4.79 Å². The third-order valence-corrected chi connectivity index (χ3v) is 5.10. The van der Waals surface area contributed by atoms with Gasteiger partial charge in [-0.15, -0.1) is 0 Å². The van der Waals surface area contributed by atoms with Crippen LogP contribution in [0.25, 0.3) is 11.1 Å². The smallest absolute Gasteiger partial charge is 0.407 e. The van der Waals surface area contributed by atoms with Crippen LogP contribution in [0.1, 0.15) is 30.0 Å². The molecule has 0 aliphatic heterocycles. The number of benzene rings is 3. The van der Waals surface area contributed by atoms with Crippen molar-refractivity contribution in [3.05, 3.63) is 88.4 Å². The minimum absolute atomic E-state index is 0.0423. The number of nitrogens with one attached hydrogen (secondary N) is 1. The summed E-state index contributed by atoms with van der Waals surface area (Å²) in [6.07, 6.45) is 0.272. The summed E-state index contributed by atoms with van der Waals surface area (Å²) < 4.78 is 11.1. The van der Waals surface area contributed by atoms with E-state index in [1.54, 1.807) is 30.3 Å². The maximum Gasteiger partial charge on any atom is 0.407 e. The SMILES string of the molecule is CCCOc1ccc(-c2cccc(CC(=O)O)c2)cc1CNC(=O)OCc1ccc(Cl)cc1. The standard InChI is InChI=1S/C26H26ClNO5/c1-2-12-32-24-11-8-21(20-5-3-4-19(13-20)14-25(29)30)15-22(24)16-28-26(31)33-17-18-6-9-23(27)10-7-18/h3-11,13,15H,2,12,14,16-17H2,1H3,(H,28,31)(H,29,30). The van der Waals surface area contributed by atoms with Crippen molar-refractivity contribution in [2.75, 3.05) is 6.61 Å². The summed E-state index contributed by atoms with van der Waals surface area (Å²) >= 11 is 5.87. The minimum atomic E-state index is -0.877. The summed E-state index contributed by atoms with van der Waals surface area (Å²) in [6, 6.07) is 20.2. The molecule has 3 aromatic carbocycles. The molecule has 3 rings (SSSR count). The first kappa shape index (κ1) is 24.1. The van der Waals surface area contributed by atoms with Crippen LogP contribution in [-0.4, -0.2) is 23.8 Å². The predicted molar refractivity (Wildman–Crippen MR) is 127 cm³/mol. The fraction of sp³-hybridized carbons (Fsp3) is 0.231. The van der Waals surface area contributed by atoms with Gasteiger partial charge >= 0.3 is 12.1 Å². The normalized spacial score (nSPS) is 10.5. The Morgan fingerprint density at radius 1 is 0.970 bits per heavy atom. The Kier molecular flexibility index (Phi) is 8.72. The fourth-order valence-electron chi connectivity index (χ4n) is 3.23. The zero-order chi connectivity index (χ0) is 23.6. The van der Waals surface area contributed by atoms with Gasteiger partial charge in [-0.05, 0) is 52.9 Å². The highest BCUT2D eigenvalue weighted by atomic mass is 35.5. The van der Waals surface area contributed by atoms with Gasteiger partial charge in [0.05, 0.1) is 13.0 Å². The molecule has 0 aliphatic rings. The van der Waals surface area contributed by atoms with Crippen molar-refractivity contribution in [2.24, 2.45) is 0 Å². The van der Waals surface area contributed by atoms with E-state index in [4.69, 9.17) is 26.2 Å². The Bertz CT molecular complexity index is 1100. The maximum atomic E-state index is 12.2. The molecule has 0 fully saturated rings. The number of hydrogen-bond acceptors (Lipinski definition) is 4. The third-order valence-electron chi connectivity index (χ3n) is 4.84. The second-order valence-electron chi connectivity index (χ2n) is 7.50. The van der Waals surface area contributed by atoms with E-state index in [1.807, 2.05) is 43.3 Å². The van der Waals surface area contributed by atoms with Crippen LogP contribution in [0.5, 0.6) is 5.75 Å². The molecule has 0 unspecified atom stereocenters. The molecular formula is C26H26ClNO5. The van der Waals surface area contributed by atoms with Crippen LogP contribution < -0.4 is 10.1 Å². The van der Waals surface area contributed by atoms with E-state index >= 15 is 0 Å². The highest BCUT2D eigenvalue weighted by Crippen LogP contribution is 2.28. The van der Waals surface area contributed by atoms with Crippen molar-refractivity contribution in [3.63, 3.8) is 0 Å². The largest absolute Gasteiger partial charge is 0.493 e. The third kappa shape index (κ3) is 7.54. The fourth-order valence-corrected chi connectivity index (χ4v) is 3.36. The Morgan fingerprint density at radius 3 is 2.45 bits per heavy atom. The summed E-state index contributed by atoms with van der Waals surface area (Å²) in [5, 5.41) is 12.5. The van der Waals surface area contributed by atoms with Crippen molar-refractivity contribution < 1.29 is 24.2 Å². The van der Waals surface area contributed by atoms with Gasteiger partial charge in [0.25, 0.3) is 0 Å². The number of aliphatic carboxylic acids is 1. The Hall–Kier alpha value is -3.51. The second kappa shape index (κ2) is 11.9. The molecule has 1 amide bonds. The van der Waals surface area contributed by atoms with Crippen molar-refractivity contribution in [1.29, 1.82) is 0 Å². The lowest BCUT2D eigenvalue weighted by molar-refractivity contribution is -0.136. The first-order chi connectivity index (χ1) is 15.9. The van der Waals surface area contributed by atoms with Gasteiger partial charge in [-0.25, -0.2) is 4.79 Å².